The summed E-state index contributed by atoms with van der Waals surface area (Å²) in [6.07, 6.45) is 3.74. The Morgan fingerprint density at radius 3 is 2.63 bits per heavy atom. The van der Waals surface area contributed by atoms with Crippen LogP contribution in [0, 0.1) is 5.92 Å². The minimum Gasteiger partial charge on any atom is -0.354 e. The highest BCUT2D eigenvalue weighted by Gasteiger charge is 2.31. The molecule has 0 aliphatic carbocycles. The number of aromatic nitrogens is 3. The average molecular weight is 448 g/mol. The molecule has 3 aromatic rings. The maximum Gasteiger partial charge on any atom is 0.237 e. The Hall–Kier alpha value is -2.16. The van der Waals surface area contributed by atoms with Crippen molar-refractivity contribution in [1.82, 2.24) is 18.8 Å². The molecule has 0 saturated carbocycles. The first-order chi connectivity index (χ1) is 14.2. The first kappa shape index (κ1) is 21.1. The first-order valence-corrected chi connectivity index (χ1v) is 12.2. The smallest absolute Gasteiger partial charge is 0.237 e. The molecule has 4 rings (SSSR count). The van der Waals surface area contributed by atoms with Gasteiger partial charge in [-0.3, -0.25) is 4.90 Å². The van der Waals surface area contributed by atoms with Gasteiger partial charge in [-0.05, 0) is 42.1 Å². The third kappa shape index (κ3) is 4.17. The number of likely N-dealkylation sites (N-methyl/N-ethyl adjacent to an activating group) is 1. The van der Waals surface area contributed by atoms with Gasteiger partial charge in [-0.2, -0.15) is 9.97 Å². The summed E-state index contributed by atoms with van der Waals surface area (Å²) < 4.78 is 25.4. The van der Waals surface area contributed by atoms with Crippen LogP contribution in [0.1, 0.15) is 18.9 Å². The molecule has 0 N–H and O–H groups in total. The zero-order chi connectivity index (χ0) is 21.5. The molecule has 1 aliphatic heterocycles. The van der Waals surface area contributed by atoms with E-state index in [4.69, 9.17) is 11.6 Å². The maximum atomic E-state index is 12.1. The number of likely N-dealkylation sites (tertiary alicyclic amines) is 1. The fourth-order valence-corrected chi connectivity index (χ4v) is 5.14. The lowest BCUT2D eigenvalue weighted by molar-refractivity contribution is 0.159. The van der Waals surface area contributed by atoms with Crippen LogP contribution >= 0.6 is 11.6 Å². The first-order valence-electron chi connectivity index (χ1n) is 9.98. The largest absolute Gasteiger partial charge is 0.354 e. The molecule has 0 amide bonds. The number of hydrogen-bond acceptors (Lipinski definition) is 6. The second kappa shape index (κ2) is 8.17. The van der Waals surface area contributed by atoms with Crippen molar-refractivity contribution in [1.29, 1.82) is 0 Å². The van der Waals surface area contributed by atoms with E-state index >= 15 is 0 Å². The lowest BCUT2D eigenvalue weighted by Crippen LogP contribution is -2.51. The Kier molecular flexibility index (Phi) is 5.74. The summed E-state index contributed by atoms with van der Waals surface area (Å²) in [6, 6.07) is 12.4. The average Bonchev–Trinajstić information content (AvgIpc) is 3.13. The number of piperidine rings is 1. The van der Waals surface area contributed by atoms with Gasteiger partial charge in [-0.1, -0.05) is 37.3 Å². The number of halogens is 1. The van der Waals surface area contributed by atoms with Gasteiger partial charge in [0, 0.05) is 32.4 Å². The van der Waals surface area contributed by atoms with Crippen molar-refractivity contribution in [2.24, 2.45) is 5.92 Å². The normalized spacial score (nSPS) is 20.5. The van der Waals surface area contributed by atoms with Crippen molar-refractivity contribution < 1.29 is 8.42 Å². The second-order valence-electron chi connectivity index (χ2n) is 8.09. The van der Waals surface area contributed by atoms with Gasteiger partial charge in [0.25, 0.3) is 0 Å². The Balaban J connectivity index is 1.65. The third-order valence-corrected chi connectivity index (χ3v) is 7.08. The van der Waals surface area contributed by atoms with Crippen molar-refractivity contribution in [2.75, 3.05) is 31.3 Å². The number of anilines is 1. The van der Waals surface area contributed by atoms with Crippen LogP contribution in [0.5, 0.6) is 0 Å². The molecule has 9 heteroatoms. The van der Waals surface area contributed by atoms with Crippen molar-refractivity contribution in [3.8, 4) is 0 Å². The zero-order valence-corrected chi connectivity index (χ0v) is 18.9. The quantitative estimate of drug-likeness (QED) is 0.559. The van der Waals surface area contributed by atoms with Gasteiger partial charge >= 0.3 is 0 Å². The molecule has 1 aromatic carbocycles. The Morgan fingerprint density at radius 1 is 1.20 bits per heavy atom. The highest BCUT2D eigenvalue weighted by atomic mass is 35.5. The molecule has 3 heterocycles. The predicted molar refractivity (Wildman–Crippen MR) is 120 cm³/mol. The molecule has 2 aromatic heterocycles. The number of benzene rings is 1. The van der Waals surface area contributed by atoms with Crippen molar-refractivity contribution in [3.05, 3.63) is 53.4 Å². The minimum atomic E-state index is -3.48. The lowest BCUT2D eigenvalue weighted by Gasteiger charge is -2.42. The summed E-state index contributed by atoms with van der Waals surface area (Å²) in [4.78, 5) is 13.2. The molecule has 0 unspecified atom stereocenters. The van der Waals surface area contributed by atoms with E-state index in [1.807, 2.05) is 13.1 Å². The summed E-state index contributed by atoms with van der Waals surface area (Å²) in [5, 5.41) is 0.720. The van der Waals surface area contributed by atoms with Gasteiger partial charge in [0.2, 0.25) is 15.3 Å². The van der Waals surface area contributed by atoms with E-state index in [0.29, 0.717) is 22.8 Å². The lowest BCUT2D eigenvalue weighted by atomic mass is 9.92. The molecule has 2 atom stereocenters. The Labute approximate surface area is 182 Å². The van der Waals surface area contributed by atoms with Crippen molar-refractivity contribution >= 4 is 38.5 Å². The van der Waals surface area contributed by atoms with Gasteiger partial charge in [0.1, 0.15) is 5.82 Å². The van der Waals surface area contributed by atoms with Gasteiger partial charge in [0.05, 0.1) is 11.6 Å². The van der Waals surface area contributed by atoms with Crippen molar-refractivity contribution in [3.63, 3.8) is 0 Å². The standard InChI is InChI=1S/C21H26ClN5O2S/c1-15-9-11-26(13-16-7-5-4-6-8-16)14-18(15)25(2)19-17-10-12-27(30(3,28)29)20(17)24-21(22)23-19/h4-8,10,12,15,18H,9,11,13-14H2,1-3H3/t15-,18+/m1/s1. The van der Waals surface area contributed by atoms with E-state index < -0.39 is 10.0 Å². The third-order valence-electron chi connectivity index (χ3n) is 5.90. The molecule has 1 aliphatic rings. The van der Waals surface area contributed by atoms with Gasteiger partial charge < -0.3 is 4.90 Å². The van der Waals surface area contributed by atoms with Crippen LogP contribution in [0.25, 0.3) is 11.0 Å². The molecule has 1 fully saturated rings. The number of fused-ring (bicyclic) bond motifs is 1. The highest BCUT2D eigenvalue weighted by Crippen LogP contribution is 2.31. The number of nitrogens with zero attached hydrogens (tertiary/aromatic N) is 5. The summed E-state index contributed by atoms with van der Waals surface area (Å²) >= 11 is 6.19. The summed E-state index contributed by atoms with van der Waals surface area (Å²) in [7, 11) is -1.48. The van der Waals surface area contributed by atoms with Gasteiger partial charge in [0.15, 0.2) is 5.65 Å². The molecule has 7 nitrogen and oxygen atoms in total. The van der Waals surface area contributed by atoms with Gasteiger partial charge in [-0.15, -0.1) is 0 Å². The Morgan fingerprint density at radius 2 is 1.93 bits per heavy atom. The number of hydrogen-bond donors (Lipinski definition) is 0. The molecule has 0 spiro atoms. The second-order valence-corrected chi connectivity index (χ2v) is 10.3. The van der Waals surface area contributed by atoms with E-state index in [1.165, 1.54) is 11.8 Å². The van der Waals surface area contributed by atoms with Crippen LogP contribution in [-0.4, -0.2) is 59.7 Å². The number of rotatable bonds is 5. The monoisotopic (exact) mass is 447 g/mol. The van der Waals surface area contributed by atoms with E-state index in [9.17, 15) is 8.42 Å². The molecule has 1 saturated heterocycles. The van der Waals surface area contributed by atoms with E-state index in [0.717, 1.165) is 36.3 Å². The van der Waals surface area contributed by atoms with E-state index in [1.54, 1.807) is 6.07 Å². The summed E-state index contributed by atoms with van der Waals surface area (Å²) in [5.74, 6) is 1.12. The van der Waals surface area contributed by atoms with Crippen LogP contribution in [-0.2, 0) is 16.6 Å². The molecular weight excluding hydrogens is 422 g/mol. The minimum absolute atomic E-state index is 0.0394. The van der Waals surface area contributed by atoms with E-state index in [2.05, 4.69) is 51.0 Å². The van der Waals surface area contributed by atoms with Crippen LogP contribution in [0.2, 0.25) is 5.28 Å². The highest BCUT2D eigenvalue weighted by molar-refractivity contribution is 7.89. The summed E-state index contributed by atoms with van der Waals surface area (Å²) in [6.45, 7) is 5.10. The van der Waals surface area contributed by atoms with Crippen LogP contribution in [0.15, 0.2) is 42.6 Å². The van der Waals surface area contributed by atoms with Gasteiger partial charge in [-0.25, -0.2) is 12.4 Å². The fraction of sp³-hybridized carbons (Fsp3) is 0.429. The zero-order valence-electron chi connectivity index (χ0n) is 17.4. The maximum absolute atomic E-state index is 12.1. The van der Waals surface area contributed by atoms with Crippen LogP contribution in [0.4, 0.5) is 5.82 Å². The SMILES string of the molecule is C[C@@H]1CCN(Cc2ccccc2)C[C@@H]1N(C)c1nc(Cl)nc2c1ccn2S(C)(=O)=O. The van der Waals surface area contributed by atoms with Crippen LogP contribution in [0.3, 0.4) is 0 Å². The van der Waals surface area contributed by atoms with E-state index in [-0.39, 0.29) is 11.3 Å². The van der Waals surface area contributed by atoms with Crippen molar-refractivity contribution in [2.45, 2.75) is 25.9 Å². The topological polar surface area (TPSA) is 71.3 Å². The van der Waals surface area contributed by atoms with Crippen LogP contribution < -0.4 is 4.90 Å². The Bertz CT molecular complexity index is 1150. The fourth-order valence-electron chi connectivity index (χ4n) is 4.25. The molecular formula is C21H26ClN5O2S. The predicted octanol–water partition coefficient (Wildman–Crippen LogP) is 3.24. The summed E-state index contributed by atoms with van der Waals surface area (Å²) in [5.41, 5.74) is 1.61. The molecule has 160 valence electrons. The molecule has 0 radical (unpaired) electrons. The molecule has 30 heavy (non-hydrogen) atoms. The molecule has 0 bridgehead atoms.